The zero-order valence-corrected chi connectivity index (χ0v) is 7.62. The number of hydrogen-bond donors (Lipinski definition) is 1. The van der Waals surface area contributed by atoms with E-state index in [-0.39, 0.29) is 5.91 Å². The molecule has 0 aromatic rings. The van der Waals surface area contributed by atoms with Crippen LogP contribution >= 0.6 is 22.5 Å². The fourth-order valence-electron chi connectivity index (χ4n) is 1.00. The van der Waals surface area contributed by atoms with Gasteiger partial charge in [0.1, 0.15) is 0 Å². The molecule has 1 atom stereocenters. The van der Waals surface area contributed by atoms with Gasteiger partial charge in [-0.15, -0.1) is 11.7 Å². The highest BCUT2D eigenvalue weighted by Gasteiger charge is 2.22. The Labute approximate surface area is 70.2 Å². The molecule has 0 aromatic carbocycles. The first-order valence-electron chi connectivity index (χ1n) is 3.28. The summed E-state index contributed by atoms with van der Waals surface area (Å²) in [5.74, 6) is 0.248. The lowest BCUT2D eigenvalue weighted by atomic mass is 10.1. The van der Waals surface area contributed by atoms with Gasteiger partial charge in [-0.2, -0.15) is 0 Å². The molecule has 1 aliphatic rings. The van der Waals surface area contributed by atoms with E-state index in [4.69, 9.17) is 0 Å². The van der Waals surface area contributed by atoms with Crippen molar-refractivity contribution in [2.24, 2.45) is 0 Å². The lowest BCUT2D eigenvalue weighted by Gasteiger charge is -2.26. The van der Waals surface area contributed by atoms with Gasteiger partial charge in [-0.3, -0.25) is 4.79 Å². The van der Waals surface area contributed by atoms with E-state index in [9.17, 15) is 4.79 Å². The van der Waals surface area contributed by atoms with Gasteiger partial charge in [0, 0.05) is 25.3 Å². The van der Waals surface area contributed by atoms with Crippen LogP contribution in [0.25, 0.3) is 0 Å². The molecule has 2 nitrogen and oxygen atoms in total. The number of rotatable bonds is 1. The lowest BCUT2D eigenvalue weighted by molar-refractivity contribution is -0.131. The Bertz CT molecular complexity index is 140. The topological polar surface area (TPSA) is 20.3 Å². The van der Waals surface area contributed by atoms with Crippen LogP contribution in [0.15, 0.2) is 0 Å². The molecule has 0 unspecified atom stereocenters. The molecule has 1 rings (SSSR count). The molecule has 4 heteroatoms. The molecular weight excluding hydrogens is 166 g/mol. The van der Waals surface area contributed by atoms with Crippen LogP contribution < -0.4 is 0 Å². The number of carbonyl (C=O) groups is 1. The van der Waals surface area contributed by atoms with Crippen molar-refractivity contribution < 1.29 is 4.79 Å². The monoisotopic (exact) mass is 177 g/mol. The van der Waals surface area contributed by atoms with E-state index in [0.29, 0.717) is 11.7 Å². The smallest absolute Gasteiger partial charge is 0.223 e. The molecule has 0 spiro atoms. The van der Waals surface area contributed by atoms with Gasteiger partial charge in [-0.1, -0.05) is 10.8 Å². The normalized spacial score (nSPS) is 27.2. The number of carbonyl (C=O) groups excluding carboxylic acids is 1. The van der Waals surface area contributed by atoms with Crippen LogP contribution in [0.3, 0.4) is 0 Å². The molecule has 0 bridgehead atoms. The Hall–Kier alpha value is 0.170. The van der Waals surface area contributed by atoms with Gasteiger partial charge in [0.2, 0.25) is 5.91 Å². The minimum atomic E-state index is 0.248. The maximum Gasteiger partial charge on any atom is 0.223 e. The zero-order chi connectivity index (χ0) is 7.56. The van der Waals surface area contributed by atoms with E-state index in [1.54, 1.807) is 4.90 Å². The van der Waals surface area contributed by atoms with Gasteiger partial charge in [0.15, 0.2) is 0 Å². The zero-order valence-electron chi connectivity index (χ0n) is 5.91. The molecule has 10 heavy (non-hydrogen) atoms. The molecule has 0 aromatic heterocycles. The highest BCUT2D eigenvalue weighted by atomic mass is 33.1. The molecule has 0 radical (unpaired) electrons. The first-order chi connectivity index (χ1) is 4.74. The second kappa shape index (κ2) is 3.53. The molecule has 0 aliphatic carbocycles. The van der Waals surface area contributed by atoms with Crippen LogP contribution in [-0.4, -0.2) is 29.6 Å². The summed E-state index contributed by atoms with van der Waals surface area (Å²) in [5.41, 5.74) is 0. The Morgan fingerprint density at radius 1 is 1.80 bits per heavy atom. The van der Waals surface area contributed by atoms with Gasteiger partial charge in [-0.25, -0.2) is 0 Å². The van der Waals surface area contributed by atoms with Crippen LogP contribution in [-0.2, 0) is 4.79 Å². The van der Waals surface area contributed by atoms with Gasteiger partial charge >= 0.3 is 0 Å². The van der Waals surface area contributed by atoms with Gasteiger partial charge < -0.3 is 4.90 Å². The third-order valence-electron chi connectivity index (χ3n) is 1.76. The van der Waals surface area contributed by atoms with Crippen molar-refractivity contribution in [1.82, 2.24) is 4.90 Å². The van der Waals surface area contributed by atoms with Crippen LogP contribution in [0, 0.1) is 0 Å². The largest absolute Gasteiger partial charge is 0.346 e. The van der Waals surface area contributed by atoms with Crippen molar-refractivity contribution in [3.63, 3.8) is 0 Å². The summed E-state index contributed by atoms with van der Waals surface area (Å²) in [6.45, 7) is 0.886. The summed E-state index contributed by atoms with van der Waals surface area (Å²) < 4.78 is 0. The summed E-state index contributed by atoms with van der Waals surface area (Å²) in [4.78, 5) is 12.8. The Morgan fingerprint density at radius 2 is 2.50 bits per heavy atom. The van der Waals surface area contributed by atoms with E-state index in [0.717, 1.165) is 13.0 Å². The number of thiol groups is 1. The Morgan fingerprint density at radius 3 is 3.00 bits per heavy atom. The highest BCUT2D eigenvalue weighted by Crippen LogP contribution is 2.25. The van der Waals surface area contributed by atoms with Gasteiger partial charge in [0.05, 0.1) is 0 Å². The third kappa shape index (κ3) is 1.83. The van der Waals surface area contributed by atoms with Crippen molar-refractivity contribution in [1.29, 1.82) is 0 Å². The molecular formula is C6H11NOS2. The SMILES string of the molecule is CN1CC[C@@H](SS)CC1=O. The Kier molecular flexibility index (Phi) is 2.92. The lowest BCUT2D eigenvalue weighted by Crippen LogP contribution is -2.36. The number of amides is 1. The van der Waals surface area contributed by atoms with E-state index in [2.05, 4.69) is 11.7 Å². The average Bonchev–Trinajstić information content (AvgIpc) is 1.95. The van der Waals surface area contributed by atoms with E-state index in [1.807, 2.05) is 7.05 Å². The number of nitrogens with zero attached hydrogens (tertiary/aromatic N) is 1. The fourth-order valence-corrected chi connectivity index (χ4v) is 1.97. The van der Waals surface area contributed by atoms with Crippen LogP contribution in [0.5, 0.6) is 0 Å². The summed E-state index contributed by atoms with van der Waals surface area (Å²) in [6.07, 6.45) is 1.74. The number of hydrogen-bond acceptors (Lipinski definition) is 3. The Balaban J connectivity index is 2.41. The minimum absolute atomic E-state index is 0.248. The molecule has 0 N–H and O–H groups in total. The second-order valence-electron chi connectivity index (χ2n) is 2.54. The minimum Gasteiger partial charge on any atom is -0.346 e. The predicted octanol–water partition coefficient (Wildman–Crippen LogP) is 1.19. The number of piperidine rings is 1. The summed E-state index contributed by atoms with van der Waals surface area (Å²) in [6, 6.07) is 0. The molecule has 1 saturated heterocycles. The van der Waals surface area contributed by atoms with Crippen molar-refractivity contribution in [3.05, 3.63) is 0 Å². The van der Waals surface area contributed by atoms with Crippen LogP contribution in [0.1, 0.15) is 12.8 Å². The van der Waals surface area contributed by atoms with Gasteiger partial charge in [-0.05, 0) is 6.42 Å². The molecule has 58 valence electrons. The summed E-state index contributed by atoms with van der Waals surface area (Å²) in [5, 5.41) is 0.437. The van der Waals surface area contributed by atoms with Crippen molar-refractivity contribution in [2.45, 2.75) is 18.1 Å². The maximum atomic E-state index is 11.0. The molecule has 0 saturated carbocycles. The first-order valence-corrected chi connectivity index (χ1v) is 5.21. The fraction of sp³-hybridized carbons (Fsp3) is 0.833. The second-order valence-corrected chi connectivity index (χ2v) is 4.05. The van der Waals surface area contributed by atoms with Crippen LogP contribution in [0.2, 0.25) is 0 Å². The van der Waals surface area contributed by atoms with Gasteiger partial charge in [0.25, 0.3) is 0 Å². The van der Waals surface area contributed by atoms with E-state index >= 15 is 0 Å². The summed E-state index contributed by atoms with van der Waals surface area (Å²) in [7, 11) is 3.35. The highest BCUT2D eigenvalue weighted by molar-refractivity contribution is 8.68. The van der Waals surface area contributed by atoms with E-state index in [1.165, 1.54) is 10.8 Å². The quantitative estimate of drug-likeness (QED) is 0.479. The predicted molar refractivity (Wildman–Crippen MR) is 47.2 cm³/mol. The van der Waals surface area contributed by atoms with Crippen LogP contribution in [0.4, 0.5) is 0 Å². The maximum absolute atomic E-state index is 11.0. The number of likely N-dealkylation sites (tertiary alicyclic amines) is 1. The molecule has 1 fully saturated rings. The standard InChI is InChI=1S/C6H11NOS2/c1-7-3-2-5(10-9)4-6(7)8/h5,9H,2-4H2,1H3/t5-/m1/s1. The average molecular weight is 177 g/mol. The van der Waals surface area contributed by atoms with Crippen molar-refractivity contribution in [3.8, 4) is 0 Å². The first kappa shape index (κ1) is 8.27. The van der Waals surface area contributed by atoms with Crippen molar-refractivity contribution in [2.75, 3.05) is 13.6 Å². The van der Waals surface area contributed by atoms with Crippen molar-refractivity contribution >= 4 is 28.4 Å². The summed E-state index contributed by atoms with van der Waals surface area (Å²) >= 11 is 4.08. The molecule has 1 aliphatic heterocycles. The molecule has 1 amide bonds. The third-order valence-corrected chi connectivity index (χ3v) is 3.36. The molecule has 1 heterocycles. The van der Waals surface area contributed by atoms with E-state index < -0.39 is 0 Å².